The summed E-state index contributed by atoms with van der Waals surface area (Å²) in [5.41, 5.74) is 1.72. The maximum absolute atomic E-state index is 13.1. The first-order chi connectivity index (χ1) is 14.5. The Balaban J connectivity index is 1.36. The Labute approximate surface area is 173 Å². The molecule has 0 bridgehead atoms. The van der Waals surface area contributed by atoms with Gasteiger partial charge in [0.1, 0.15) is 12.4 Å². The fourth-order valence-corrected chi connectivity index (χ4v) is 3.64. The Morgan fingerprint density at radius 1 is 1.07 bits per heavy atom. The second-order valence-electron chi connectivity index (χ2n) is 7.34. The third kappa shape index (κ3) is 4.33. The molecule has 0 aliphatic carbocycles. The van der Waals surface area contributed by atoms with Crippen LogP contribution >= 0.6 is 0 Å². The van der Waals surface area contributed by atoms with Gasteiger partial charge in [0.15, 0.2) is 0 Å². The van der Waals surface area contributed by atoms with E-state index in [0.717, 1.165) is 17.8 Å². The molecule has 2 aromatic carbocycles. The molecule has 2 heterocycles. The molecule has 156 valence electrons. The lowest BCUT2D eigenvalue weighted by atomic mass is 10.1. The molecule has 1 amide bonds. The maximum atomic E-state index is 13.1. The molecule has 7 nitrogen and oxygen atoms in total. The lowest BCUT2D eigenvalue weighted by Gasteiger charge is -2.38. The van der Waals surface area contributed by atoms with E-state index in [9.17, 15) is 14.0 Å². The number of hydrogen-bond donors (Lipinski definition) is 0. The van der Waals surface area contributed by atoms with Crippen LogP contribution in [0, 0.1) is 5.82 Å². The standard InChI is InChI=1S/C22H23FN4O3/c1-16(17-5-3-2-4-6-17)25-11-13-26(14-12-25)20(28)15-27-22(29)30-21(24-27)18-7-9-19(23)10-8-18/h2-10,16H,11-15H2,1H3. The fraction of sp³-hybridized carbons (Fsp3) is 0.318. The summed E-state index contributed by atoms with van der Waals surface area (Å²) in [6, 6.07) is 16.0. The summed E-state index contributed by atoms with van der Waals surface area (Å²) in [5.74, 6) is -1.21. The lowest BCUT2D eigenvalue weighted by Crippen LogP contribution is -2.50. The predicted octanol–water partition coefficient (Wildman–Crippen LogP) is 2.55. The number of benzene rings is 2. The van der Waals surface area contributed by atoms with E-state index in [2.05, 4.69) is 29.1 Å². The summed E-state index contributed by atoms with van der Waals surface area (Å²) in [4.78, 5) is 28.8. The average Bonchev–Trinajstić information content (AvgIpc) is 3.14. The van der Waals surface area contributed by atoms with Crippen LogP contribution in [0.4, 0.5) is 4.39 Å². The molecular weight excluding hydrogens is 387 g/mol. The molecule has 1 aromatic heterocycles. The Bertz CT molecular complexity index is 1050. The first kappa shape index (κ1) is 20.0. The molecular formula is C22H23FN4O3. The molecule has 1 fully saturated rings. The monoisotopic (exact) mass is 410 g/mol. The summed E-state index contributed by atoms with van der Waals surface area (Å²) in [5, 5.41) is 4.08. The van der Waals surface area contributed by atoms with Crippen LogP contribution in [0.1, 0.15) is 18.5 Å². The van der Waals surface area contributed by atoms with Crippen LogP contribution in [0.15, 0.2) is 63.8 Å². The van der Waals surface area contributed by atoms with Gasteiger partial charge in [0.05, 0.1) is 0 Å². The smallest absolute Gasteiger partial charge is 0.388 e. The quantitative estimate of drug-likeness (QED) is 0.647. The molecule has 1 aliphatic heterocycles. The Hall–Kier alpha value is -3.26. The summed E-state index contributed by atoms with van der Waals surface area (Å²) < 4.78 is 19.2. The van der Waals surface area contributed by atoms with Gasteiger partial charge in [0.25, 0.3) is 0 Å². The molecule has 0 N–H and O–H groups in total. The summed E-state index contributed by atoms with van der Waals surface area (Å²) in [6.07, 6.45) is 0. The molecule has 3 aromatic rings. The van der Waals surface area contributed by atoms with Gasteiger partial charge in [-0.15, -0.1) is 5.10 Å². The largest absolute Gasteiger partial charge is 0.437 e. The number of aromatic nitrogens is 2. The number of rotatable bonds is 5. The van der Waals surface area contributed by atoms with Gasteiger partial charge in [-0.05, 0) is 36.8 Å². The number of amides is 1. The van der Waals surface area contributed by atoms with Gasteiger partial charge in [-0.2, -0.15) is 4.68 Å². The molecule has 1 unspecified atom stereocenters. The van der Waals surface area contributed by atoms with Crippen LogP contribution in [-0.4, -0.2) is 51.7 Å². The van der Waals surface area contributed by atoms with Gasteiger partial charge in [-0.25, -0.2) is 9.18 Å². The summed E-state index contributed by atoms with van der Waals surface area (Å²) in [6.45, 7) is 4.68. The van der Waals surface area contributed by atoms with Crippen molar-refractivity contribution < 1.29 is 13.6 Å². The van der Waals surface area contributed by atoms with E-state index in [1.54, 1.807) is 4.90 Å². The minimum absolute atomic E-state index is 0.0642. The zero-order valence-corrected chi connectivity index (χ0v) is 16.7. The molecule has 1 aliphatic rings. The van der Waals surface area contributed by atoms with Gasteiger partial charge in [-0.1, -0.05) is 30.3 Å². The topological polar surface area (TPSA) is 71.6 Å². The number of carbonyl (C=O) groups is 1. The van der Waals surface area contributed by atoms with E-state index < -0.39 is 11.6 Å². The highest BCUT2D eigenvalue weighted by Gasteiger charge is 2.25. The van der Waals surface area contributed by atoms with Crippen LogP contribution in [0.3, 0.4) is 0 Å². The van der Waals surface area contributed by atoms with Crippen molar-refractivity contribution in [1.82, 2.24) is 19.6 Å². The number of carbonyl (C=O) groups excluding carboxylic acids is 1. The third-order valence-corrected chi connectivity index (χ3v) is 5.48. The Morgan fingerprint density at radius 3 is 2.40 bits per heavy atom. The minimum atomic E-state index is -0.709. The molecule has 1 saturated heterocycles. The second kappa shape index (κ2) is 8.62. The number of piperazine rings is 1. The zero-order chi connectivity index (χ0) is 21.1. The van der Waals surface area contributed by atoms with E-state index in [-0.39, 0.29) is 24.4 Å². The van der Waals surface area contributed by atoms with Gasteiger partial charge >= 0.3 is 5.76 Å². The fourth-order valence-electron chi connectivity index (χ4n) is 3.64. The van der Waals surface area contributed by atoms with Crippen molar-refractivity contribution in [2.24, 2.45) is 0 Å². The van der Waals surface area contributed by atoms with E-state index in [4.69, 9.17) is 4.42 Å². The zero-order valence-electron chi connectivity index (χ0n) is 16.7. The second-order valence-corrected chi connectivity index (χ2v) is 7.34. The van der Waals surface area contributed by atoms with Crippen LogP contribution in [0.5, 0.6) is 0 Å². The summed E-state index contributed by atoms with van der Waals surface area (Å²) >= 11 is 0. The first-order valence-electron chi connectivity index (χ1n) is 9.92. The SMILES string of the molecule is CC(c1ccccc1)N1CCN(C(=O)Cn2nc(-c3ccc(F)cc3)oc2=O)CC1. The van der Waals surface area contributed by atoms with Crippen LogP contribution in [0.2, 0.25) is 0 Å². The van der Waals surface area contributed by atoms with Crippen molar-refractivity contribution in [3.63, 3.8) is 0 Å². The van der Waals surface area contributed by atoms with Gasteiger partial charge in [-0.3, -0.25) is 9.69 Å². The van der Waals surface area contributed by atoms with E-state index >= 15 is 0 Å². The average molecular weight is 410 g/mol. The highest BCUT2D eigenvalue weighted by molar-refractivity contribution is 5.76. The number of nitrogens with zero attached hydrogens (tertiary/aromatic N) is 4. The van der Waals surface area contributed by atoms with Crippen molar-refractivity contribution in [2.45, 2.75) is 19.5 Å². The minimum Gasteiger partial charge on any atom is -0.388 e. The predicted molar refractivity (Wildman–Crippen MR) is 109 cm³/mol. The van der Waals surface area contributed by atoms with E-state index in [0.29, 0.717) is 18.7 Å². The van der Waals surface area contributed by atoms with Gasteiger partial charge in [0.2, 0.25) is 11.8 Å². The van der Waals surface area contributed by atoms with Crippen LogP contribution < -0.4 is 5.76 Å². The summed E-state index contributed by atoms with van der Waals surface area (Å²) in [7, 11) is 0. The van der Waals surface area contributed by atoms with Crippen LogP contribution in [-0.2, 0) is 11.3 Å². The van der Waals surface area contributed by atoms with E-state index in [1.165, 1.54) is 29.8 Å². The Kier molecular flexibility index (Phi) is 5.76. The van der Waals surface area contributed by atoms with Crippen molar-refractivity contribution in [3.8, 4) is 11.5 Å². The molecule has 0 spiro atoms. The molecule has 30 heavy (non-hydrogen) atoms. The van der Waals surface area contributed by atoms with Crippen molar-refractivity contribution in [2.75, 3.05) is 26.2 Å². The molecule has 8 heteroatoms. The third-order valence-electron chi connectivity index (χ3n) is 5.48. The van der Waals surface area contributed by atoms with Crippen LogP contribution in [0.25, 0.3) is 11.5 Å². The van der Waals surface area contributed by atoms with Gasteiger partial charge < -0.3 is 9.32 Å². The Morgan fingerprint density at radius 2 is 1.73 bits per heavy atom. The van der Waals surface area contributed by atoms with Gasteiger partial charge in [0, 0.05) is 37.8 Å². The normalized spacial score (nSPS) is 15.9. The first-order valence-corrected chi connectivity index (χ1v) is 9.92. The highest BCUT2D eigenvalue weighted by atomic mass is 19.1. The number of hydrogen-bond acceptors (Lipinski definition) is 5. The van der Waals surface area contributed by atoms with E-state index in [1.807, 2.05) is 18.2 Å². The molecule has 0 radical (unpaired) electrons. The maximum Gasteiger partial charge on any atom is 0.437 e. The van der Waals surface area contributed by atoms with Crippen molar-refractivity contribution in [3.05, 3.63) is 76.5 Å². The highest BCUT2D eigenvalue weighted by Crippen LogP contribution is 2.21. The van der Waals surface area contributed by atoms with Crippen molar-refractivity contribution >= 4 is 5.91 Å². The molecule has 0 saturated carbocycles. The molecule has 1 atom stereocenters. The van der Waals surface area contributed by atoms with Crippen molar-refractivity contribution in [1.29, 1.82) is 0 Å². The number of halogens is 1. The lowest BCUT2D eigenvalue weighted by molar-refractivity contribution is -0.134. The molecule has 4 rings (SSSR count).